The van der Waals surface area contributed by atoms with E-state index in [0.717, 1.165) is 28.0 Å². The van der Waals surface area contributed by atoms with Gasteiger partial charge in [-0.05, 0) is 36.8 Å². The molecule has 154 valence electrons. The van der Waals surface area contributed by atoms with Crippen molar-refractivity contribution in [1.29, 1.82) is 0 Å². The summed E-state index contributed by atoms with van der Waals surface area (Å²) in [4.78, 5) is 27.8. The SMILES string of the molecule is C[C@@H](NC(=O)c1nc2cc3[nH][nH]c(N(C)c4cccnc4)c3cc2n1)c1ccccc1. The zero-order chi connectivity index (χ0) is 21.4. The lowest BCUT2D eigenvalue weighted by Gasteiger charge is -2.17. The van der Waals surface area contributed by atoms with Gasteiger partial charge in [0.25, 0.3) is 5.91 Å². The Kier molecular flexibility index (Phi) is 4.59. The topological polar surface area (TPSA) is 103 Å². The fourth-order valence-corrected chi connectivity index (χ4v) is 3.64. The molecule has 0 aliphatic carbocycles. The normalized spacial score (nSPS) is 12.2. The van der Waals surface area contributed by atoms with Crippen molar-refractivity contribution >= 4 is 39.3 Å². The summed E-state index contributed by atoms with van der Waals surface area (Å²) in [6, 6.07) is 17.4. The third-order valence-corrected chi connectivity index (χ3v) is 5.36. The number of hydrogen-bond donors (Lipinski definition) is 3. The first-order chi connectivity index (χ1) is 15.1. The zero-order valence-corrected chi connectivity index (χ0v) is 17.1. The molecule has 0 bridgehead atoms. The highest BCUT2D eigenvalue weighted by atomic mass is 16.2. The predicted octanol–water partition coefficient (Wildman–Crippen LogP) is 4.09. The van der Waals surface area contributed by atoms with Gasteiger partial charge in [0.15, 0.2) is 0 Å². The molecule has 3 aromatic heterocycles. The van der Waals surface area contributed by atoms with Gasteiger partial charge in [0.05, 0.1) is 34.5 Å². The molecule has 5 rings (SSSR count). The van der Waals surface area contributed by atoms with Crippen LogP contribution in [0.1, 0.15) is 29.1 Å². The van der Waals surface area contributed by atoms with Crippen molar-refractivity contribution in [3.63, 3.8) is 0 Å². The summed E-state index contributed by atoms with van der Waals surface area (Å²) < 4.78 is 0. The monoisotopic (exact) mass is 411 g/mol. The van der Waals surface area contributed by atoms with E-state index in [0.29, 0.717) is 11.0 Å². The average molecular weight is 411 g/mol. The number of fused-ring (bicyclic) bond motifs is 2. The van der Waals surface area contributed by atoms with Crippen LogP contribution in [-0.4, -0.2) is 38.1 Å². The van der Waals surface area contributed by atoms with Crippen LogP contribution >= 0.6 is 0 Å². The van der Waals surface area contributed by atoms with Gasteiger partial charge >= 0.3 is 0 Å². The van der Waals surface area contributed by atoms with E-state index in [1.807, 2.05) is 73.5 Å². The number of hydrogen-bond acceptors (Lipinski definition) is 5. The number of aromatic nitrogens is 5. The Morgan fingerprint density at radius 2 is 1.81 bits per heavy atom. The summed E-state index contributed by atoms with van der Waals surface area (Å²) in [5.74, 6) is 0.739. The molecule has 0 radical (unpaired) electrons. The van der Waals surface area contributed by atoms with Gasteiger partial charge < -0.3 is 10.2 Å². The molecule has 8 heteroatoms. The second-order valence-corrected chi connectivity index (χ2v) is 7.41. The predicted molar refractivity (Wildman–Crippen MR) is 120 cm³/mol. The highest BCUT2D eigenvalue weighted by Crippen LogP contribution is 2.30. The minimum absolute atomic E-state index is 0.140. The summed E-state index contributed by atoms with van der Waals surface area (Å²) in [6.45, 7) is 1.94. The smallest absolute Gasteiger partial charge is 0.289 e. The lowest BCUT2D eigenvalue weighted by Crippen LogP contribution is -2.27. The molecule has 0 spiro atoms. The van der Waals surface area contributed by atoms with Gasteiger partial charge in [0.2, 0.25) is 5.82 Å². The van der Waals surface area contributed by atoms with E-state index in [4.69, 9.17) is 0 Å². The Balaban J connectivity index is 1.45. The number of anilines is 2. The van der Waals surface area contributed by atoms with Crippen molar-refractivity contribution in [2.24, 2.45) is 0 Å². The molecule has 2 aromatic carbocycles. The lowest BCUT2D eigenvalue weighted by atomic mass is 10.1. The molecule has 0 aliphatic rings. The first kappa shape index (κ1) is 18.8. The second-order valence-electron chi connectivity index (χ2n) is 7.41. The van der Waals surface area contributed by atoms with Gasteiger partial charge in [-0.3, -0.25) is 20.0 Å². The number of benzene rings is 2. The molecule has 8 nitrogen and oxygen atoms in total. The molecule has 5 aromatic rings. The Bertz CT molecular complexity index is 1360. The van der Waals surface area contributed by atoms with Gasteiger partial charge in [-0.2, -0.15) is 0 Å². The van der Waals surface area contributed by atoms with Crippen LogP contribution in [0.4, 0.5) is 11.5 Å². The van der Waals surface area contributed by atoms with Crippen molar-refractivity contribution in [2.75, 3.05) is 11.9 Å². The Hall–Kier alpha value is -4.20. The molecular weight excluding hydrogens is 390 g/mol. The number of aromatic amines is 2. The zero-order valence-electron chi connectivity index (χ0n) is 17.1. The number of carbonyl (C=O) groups is 1. The summed E-state index contributed by atoms with van der Waals surface area (Å²) in [5.41, 5.74) is 4.18. The number of pyridine rings is 1. The maximum atomic E-state index is 12.7. The van der Waals surface area contributed by atoms with Gasteiger partial charge in [0.1, 0.15) is 5.82 Å². The van der Waals surface area contributed by atoms with E-state index in [1.165, 1.54) is 0 Å². The van der Waals surface area contributed by atoms with Crippen LogP contribution in [0.5, 0.6) is 0 Å². The van der Waals surface area contributed by atoms with Crippen LogP contribution in [0.25, 0.3) is 21.9 Å². The van der Waals surface area contributed by atoms with Gasteiger partial charge in [-0.1, -0.05) is 30.3 Å². The fraction of sp³-hybridized carbons (Fsp3) is 0.130. The van der Waals surface area contributed by atoms with E-state index in [2.05, 4.69) is 30.5 Å². The van der Waals surface area contributed by atoms with Crippen LogP contribution in [0.15, 0.2) is 67.0 Å². The van der Waals surface area contributed by atoms with Gasteiger partial charge in [-0.25, -0.2) is 9.97 Å². The molecule has 0 saturated heterocycles. The van der Waals surface area contributed by atoms with Crippen LogP contribution in [0, 0.1) is 0 Å². The molecular formula is C23H21N7O. The summed E-state index contributed by atoms with van der Waals surface area (Å²) in [6.07, 6.45) is 3.54. The van der Waals surface area contributed by atoms with Crippen LogP contribution < -0.4 is 10.2 Å². The summed E-state index contributed by atoms with van der Waals surface area (Å²) >= 11 is 0. The molecule has 1 atom stereocenters. The molecule has 0 unspecified atom stereocenters. The average Bonchev–Trinajstić information content (AvgIpc) is 3.41. The number of nitrogens with one attached hydrogen (secondary N) is 3. The van der Waals surface area contributed by atoms with Crippen molar-refractivity contribution in [3.05, 3.63) is 78.4 Å². The largest absolute Gasteiger partial charge is 0.343 e. The number of carbonyl (C=O) groups excluding carboxylic acids is 1. The minimum Gasteiger partial charge on any atom is -0.343 e. The molecule has 3 N–H and O–H groups in total. The first-order valence-corrected chi connectivity index (χ1v) is 9.97. The van der Waals surface area contributed by atoms with E-state index in [-0.39, 0.29) is 17.8 Å². The highest BCUT2D eigenvalue weighted by Gasteiger charge is 2.18. The van der Waals surface area contributed by atoms with Crippen LogP contribution in [0.3, 0.4) is 0 Å². The van der Waals surface area contributed by atoms with E-state index >= 15 is 0 Å². The fourth-order valence-electron chi connectivity index (χ4n) is 3.64. The minimum atomic E-state index is -0.296. The van der Waals surface area contributed by atoms with Crippen molar-refractivity contribution < 1.29 is 4.79 Å². The maximum absolute atomic E-state index is 12.7. The number of H-pyrrole nitrogens is 2. The molecule has 3 heterocycles. The van der Waals surface area contributed by atoms with Crippen LogP contribution in [0.2, 0.25) is 0 Å². The third-order valence-electron chi connectivity index (χ3n) is 5.36. The Morgan fingerprint density at radius 3 is 2.55 bits per heavy atom. The molecule has 31 heavy (non-hydrogen) atoms. The van der Waals surface area contributed by atoms with Crippen LogP contribution in [-0.2, 0) is 0 Å². The Morgan fingerprint density at radius 1 is 1.03 bits per heavy atom. The lowest BCUT2D eigenvalue weighted by molar-refractivity contribution is 0.0930. The molecule has 1 amide bonds. The number of imidazole rings is 1. The quantitative estimate of drug-likeness (QED) is 0.404. The molecule has 0 aliphatic heterocycles. The Labute approximate surface area is 178 Å². The number of nitrogens with zero attached hydrogens (tertiary/aromatic N) is 4. The molecule has 0 fully saturated rings. The van der Waals surface area contributed by atoms with Crippen molar-refractivity contribution in [3.8, 4) is 0 Å². The maximum Gasteiger partial charge on any atom is 0.289 e. The van der Waals surface area contributed by atoms with Crippen molar-refractivity contribution in [2.45, 2.75) is 13.0 Å². The van der Waals surface area contributed by atoms with Gasteiger partial charge in [0, 0.05) is 18.6 Å². The standard InChI is InChI=1S/C23H21N7O/c1-14(15-7-4-3-5-8-15)25-23(31)21-26-19-11-17-18(12-20(19)27-21)28-29-22(17)30(2)16-9-6-10-24-13-16/h3-14,28-29H,1-2H3,(H,25,31)/t14-/m1/s1. The molecule has 0 saturated carbocycles. The highest BCUT2D eigenvalue weighted by molar-refractivity contribution is 6.02. The summed E-state index contributed by atoms with van der Waals surface area (Å²) in [5, 5.41) is 10.3. The number of rotatable bonds is 5. The summed E-state index contributed by atoms with van der Waals surface area (Å²) in [7, 11) is 1.96. The van der Waals surface area contributed by atoms with E-state index < -0.39 is 0 Å². The third kappa shape index (κ3) is 3.48. The van der Waals surface area contributed by atoms with Crippen molar-refractivity contribution in [1.82, 2.24) is 30.5 Å². The number of amides is 1. The first-order valence-electron chi connectivity index (χ1n) is 9.97. The van der Waals surface area contributed by atoms with Gasteiger partial charge in [-0.15, -0.1) is 0 Å². The van der Waals surface area contributed by atoms with E-state index in [1.54, 1.807) is 12.4 Å². The van der Waals surface area contributed by atoms with E-state index in [9.17, 15) is 4.79 Å². The second kappa shape index (κ2) is 7.56.